The van der Waals surface area contributed by atoms with Crippen LogP contribution in [0.25, 0.3) is 0 Å². The number of H-pyrrole nitrogens is 1. The van der Waals surface area contributed by atoms with E-state index < -0.39 is 5.97 Å². The lowest BCUT2D eigenvalue weighted by molar-refractivity contribution is 0.0684. The van der Waals surface area contributed by atoms with E-state index in [0.29, 0.717) is 0 Å². The minimum absolute atomic E-state index is 0.134. The highest BCUT2D eigenvalue weighted by Gasteiger charge is 2.01. The van der Waals surface area contributed by atoms with Gasteiger partial charge in [-0.1, -0.05) is 0 Å². The van der Waals surface area contributed by atoms with Gasteiger partial charge in [0.25, 0.3) is 0 Å². The SMILES string of the molecule is O=[13C](O)[13c]1[nH]n[13cH][15n]1. The van der Waals surface area contributed by atoms with Gasteiger partial charge < -0.3 is 5.11 Å². The van der Waals surface area contributed by atoms with Gasteiger partial charge in [-0.05, 0) is 0 Å². The van der Waals surface area contributed by atoms with Crippen LogP contribution in [0.1, 0.15) is 10.6 Å². The molecular weight excluding hydrogens is 114 g/mol. The summed E-state index contributed by atoms with van der Waals surface area (Å²) in [6, 6.07) is 0. The lowest BCUT2D eigenvalue weighted by atomic mass is 11.6. The molecule has 1 aromatic heterocycles. The molecule has 1 heterocycles. The topological polar surface area (TPSA) is 78.9 Å². The summed E-state index contributed by atoms with van der Waals surface area (Å²) in [6.45, 7) is 0. The van der Waals surface area contributed by atoms with Gasteiger partial charge in [0.1, 0.15) is 6.33 Å². The minimum Gasteiger partial charge on any atom is -0.475 e. The van der Waals surface area contributed by atoms with Crippen molar-refractivity contribution in [1.29, 1.82) is 0 Å². The normalized spacial score (nSPS) is 9.00. The number of carboxylic acid groups (broad SMARTS) is 1. The van der Waals surface area contributed by atoms with Crippen LogP contribution in [0.3, 0.4) is 0 Å². The summed E-state index contributed by atoms with van der Waals surface area (Å²) in [5.74, 6) is -1.23. The molecule has 0 saturated carbocycles. The fourth-order valence-electron chi connectivity index (χ4n) is 0.309. The number of aromatic amines is 1. The molecule has 0 atom stereocenters. The Bertz CT molecular complexity index is 180. The van der Waals surface area contributed by atoms with Crippen LogP contribution in [0, 0.1) is 0 Å². The Labute approximate surface area is 44.4 Å². The van der Waals surface area contributed by atoms with E-state index in [-0.39, 0.29) is 5.82 Å². The standard InChI is InChI=1S/C3H3N3O2/c7-3(8)2-4-1-5-6-2/h1H,(H,7,8)(H,4,5,6)/i1+1,2+1,3+1,4+1. The van der Waals surface area contributed by atoms with E-state index >= 15 is 0 Å². The fraction of sp³-hybridized carbons (Fsp3) is 0. The molecule has 1 aromatic rings. The molecule has 0 saturated heterocycles. The Morgan fingerprint density at radius 1 is 1.88 bits per heavy atom. The third-order valence-electron chi connectivity index (χ3n) is 0.618. The molecule has 5 heteroatoms. The number of carboxylic acids is 1. The number of nitrogens with one attached hydrogen (secondary N) is 1. The summed E-state index contributed by atoms with van der Waals surface area (Å²) < 4.78 is 0. The fourth-order valence-corrected chi connectivity index (χ4v) is 0.309. The Hall–Kier alpha value is -1.39. The molecule has 0 aliphatic rings. The monoisotopic (exact) mass is 117 g/mol. The zero-order valence-corrected chi connectivity index (χ0v) is 3.83. The first-order chi connectivity index (χ1) is 3.80. The predicted molar refractivity (Wildman–Crippen MR) is 23.3 cm³/mol. The Morgan fingerprint density at radius 2 is 2.62 bits per heavy atom. The molecule has 0 unspecified atom stereocenters. The summed E-state index contributed by atoms with van der Waals surface area (Å²) >= 11 is 0. The van der Waals surface area contributed by atoms with E-state index in [9.17, 15) is 4.79 Å². The van der Waals surface area contributed by atoms with Crippen molar-refractivity contribution in [2.45, 2.75) is 0 Å². The summed E-state index contributed by atoms with van der Waals surface area (Å²) in [7, 11) is 0. The van der Waals surface area contributed by atoms with E-state index in [1.165, 1.54) is 0 Å². The van der Waals surface area contributed by atoms with Gasteiger partial charge in [0, 0.05) is 0 Å². The number of aromatic nitrogens is 3. The Balaban J connectivity index is 2.93. The molecule has 1 rings (SSSR count). The maximum absolute atomic E-state index is 9.93. The van der Waals surface area contributed by atoms with Crippen LogP contribution in [-0.2, 0) is 0 Å². The van der Waals surface area contributed by atoms with Gasteiger partial charge in [0.15, 0.2) is 0 Å². The minimum atomic E-state index is -1.09. The van der Waals surface area contributed by atoms with Crippen molar-refractivity contribution in [3.63, 3.8) is 0 Å². The number of carbonyl (C=O) groups is 1. The first kappa shape index (κ1) is 4.76. The van der Waals surface area contributed by atoms with Gasteiger partial charge in [-0.3, -0.25) is 5.10 Å². The highest BCUT2D eigenvalue weighted by atomic mass is 16.5. The average Bonchev–Trinajstić information content (AvgIpc) is 2.12. The van der Waals surface area contributed by atoms with Crippen molar-refractivity contribution < 1.29 is 9.90 Å². The Kier molecular flexibility index (Phi) is 0.957. The van der Waals surface area contributed by atoms with Gasteiger partial charge in [-0.15, -0.1) is 0 Å². The van der Waals surface area contributed by atoms with Crippen molar-refractivity contribution in [1.82, 2.24) is 15.2 Å². The lowest BCUT2D eigenvalue weighted by Crippen LogP contribution is -1.97. The van der Waals surface area contributed by atoms with Crippen molar-refractivity contribution in [2.24, 2.45) is 0 Å². The van der Waals surface area contributed by atoms with Gasteiger partial charge in [0.05, 0.1) is 0 Å². The zero-order valence-electron chi connectivity index (χ0n) is 3.83. The summed E-state index contributed by atoms with van der Waals surface area (Å²) in [5.41, 5.74) is 0. The maximum atomic E-state index is 9.93. The molecular formula is C3H3N3O2. The molecule has 2 N–H and O–H groups in total. The quantitative estimate of drug-likeness (QED) is 0.486. The molecule has 5 nitrogen and oxygen atoms in total. The molecule has 0 aliphatic heterocycles. The third kappa shape index (κ3) is 0.651. The number of hydrogen-bond donors (Lipinski definition) is 2. The smallest absolute Gasteiger partial charge is 0.373 e. The largest absolute Gasteiger partial charge is 0.475 e. The van der Waals surface area contributed by atoms with Crippen molar-refractivity contribution in [3.05, 3.63) is 12.2 Å². The Morgan fingerprint density at radius 3 is 2.88 bits per heavy atom. The van der Waals surface area contributed by atoms with E-state index in [2.05, 4.69) is 15.2 Å². The van der Waals surface area contributed by atoms with Crippen LogP contribution in [0.15, 0.2) is 6.33 Å². The molecule has 0 aliphatic carbocycles. The van der Waals surface area contributed by atoms with Crippen LogP contribution < -0.4 is 0 Å². The number of aromatic carboxylic acids is 1. The van der Waals surface area contributed by atoms with Gasteiger partial charge >= 0.3 is 5.97 Å². The maximum Gasteiger partial charge on any atom is 0.373 e. The first-order valence-electron chi connectivity index (χ1n) is 1.89. The highest BCUT2D eigenvalue weighted by molar-refractivity contribution is 5.82. The highest BCUT2D eigenvalue weighted by Crippen LogP contribution is 1.80. The van der Waals surface area contributed by atoms with E-state index in [4.69, 9.17) is 5.11 Å². The molecule has 0 bridgehead atoms. The van der Waals surface area contributed by atoms with Crippen molar-refractivity contribution in [2.75, 3.05) is 0 Å². The summed E-state index contributed by atoms with van der Waals surface area (Å²) in [5, 5.41) is 13.6. The lowest BCUT2D eigenvalue weighted by Gasteiger charge is -1.77. The molecule has 42 valence electrons. The van der Waals surface area contributed by atoms with Crippen LogP contribution >= 0.6 is 0 Å². The van der Waals surface area contributed by atoms with Crippen molar-refractivity contribution in [3.8, 4) is 0 Å². The number of nitrogens with zero attached hydrogens (tertiary/aromatic N) is 2. The second-order valence-corrected chi connectivity index (χ2v) is 1.14. The van der Waals surface area contributed by atoms with Gasteiger partial charge in [-0.25, -0.2) is 9.78 Å². The summed E-state index contributed by atoms with van der Waals surface area (Å²) in [4.78, 5) is 13.3. The molecule has 0 spiro atoms. The van der Waals surface area contributed by atoms with Crippen LogP contribution in [0.4, 0.5) is 0 Å². The molecule has 0 amide bonds. The second kappa shape index (κ2) is 1.61. The average molecular weight is 117 g/mol. The van der Waals surface area contributed by atoms with Gasteiger partial charge in [0.2, 0.25) is 5.82 Å². The predicted octanol–water partition coefficient (Wildman–Crippen LogP) is -0.497. The first-order valence-corrected chi connectivity index (χ1v) is 1.89. The van der Waals surface area contributed by atoms with E-state index in [1.807, 2.05) is 0 Å². The zero-order chi connectivity index (χ0) is 5.98. The second-order valence-electron chi connectivity index (χ2n) is 1.14. The number of hydrogen-bond acceptors (Lipinski definition) is 3. The summed E-state index contributed by atoms with van der Waals surface area (Å²) in [6.07, 6.45) is 1.14. The molecule has 0 fully saturated rings. The van der Waals surface area contributed by atoms with Crippen molar-refractivity contribution >= 4 is 5.97 Å². The van der Waals surface area contributed by atoms with Crippen LogP contribution in [0.5, 0.6) is 0 Å². The molecule has 0 radical (unpaired) electrons. The van der Waals surface area contributed by atoms with Crippen LogP contribution in [-0.4, -0.2) is 26.3 Å². The van der Waals surface area contributed by atoms with Gasteiger partial charge in [-0.2, -0.15) is 5.10 Å². The van der Waals surface area contributed by atoms with E-state index in [0.717, 1.165) is 6.33 Å². The number of rotatable bonds is 1. The molecule has 8 heavy (non-hydrogen) atoms. The van der Waals surface area contributed by atoms with E-state index in [1.54, 1.807) is 0 Å². The molecule has 0 aromatic carbocycles. The van der Waals surface area contributed by atoms with Crippen LogP contribution in [0.2, 0.25) is 0 Å². The third-order valence-corrected chi connectivity index (χ3v) is 0.618.